The third-order valence-corrected chi connectivity index (χ3v) is 6.53. The number of piperidine rings is 1. The number of hydrogen-bond donors (Lipinski definition) is 1. The summed E-state index contributed by atoms with van der Waals surface area (Å²) < 4.78 is 40.8. The van der Waals surface area contributed by atoms with E-state index in [2.05, 4.69) is 10.5 Å². The predicted molar refractivity (Wildman–Crippen MR) is 105 cm³/mol. The number of sulfonamides is 1. The highest BCUT2D eigenvalue weighted by molar-refractivity contribution is 7.89. The van der Waals surface area contributed by atoms with Crippen molar-refractivity contribution in [3.8, 4) is 0 Å². The van der Waals surface area contributed by atoms with Gasteiger partial charge in [-0.2, -0.15) is 9.41 Å². The van der Waals surface area contributed by atoms with Gasteiger partial charge in [0.05, 0.1) is 10.6 Å². The number of carbonyl (C=O) groups excluding carboxylic acids is 1. The fraction of sp³-hybridized carbons (Fsp3) is 0.300. The van der Waals surface area contributed by atoms with Crippen molar-refractivity contribution in [2.24, 2.45) is 5.10 Å². The zero-order valence-corrected chi connectivity index (χ0v) is 16.4. The van der Waals surface area contributed by atoms with E-state index in [9.17, 15) is 17.6 Å². The number of carbonyl (C=O) groups is 1. The minimum absolute atomic E-state index is 0.0804. The maximum absolute atomic E-state index is 13.8. The molecule has 1 heterocycles. The Bertz CT molecular complexity index is 999. The van der Waals surface area contributed by atoms with Crippen molar-refractivity contribution >= 4 is 21.6 Å². The molecule has 1 saturated heterocycles. The molecule has 1 aliphatic heterocycles. The summed E-state index contributed by atoms with van der Waals surface area (Å²) in [4.78, 5) is 12.5. The van der Waals surface area contributed by atoms with Crippen molar-refractivity contribution < 1.29 is 17.6 Å². The number of rotatable bonds is 5. The smallest absolute Gasteiger partial charge is 0.267 e. The summed E-state index contributed by atoms with van der Waals surface area (Å²) in [6.07, 6.45) is 2.70. The van der Waals surface area contributed by atoms with Crippen LogP contribution in [0.25, 0.3) is 0 Å². The first-order valence-corrected chi connectivity index (χ1v) is 10.5. The molecule has 1 aliphatic rings. The first-order valence-electron chi connectivity index (χ1n) is 9.09. The van der Waals surface area contributed by atoms with Crippen molar-refractivity contribution in [3.63, 3.8) is 0 Å². The molecule has 0 spiro atoms. The number of halogens is 1. The van der Waals surface area contributed by atoms with Crippen LogP contribution in [0.1, 0.15) is 42.1 Å². The molecule has 0 unspecified atom stereocenters. The fourth-order valence-electron chi connectivity index (χ4n) is 3.07. The Kier molecular flexibility index (Phi) is 6.21. The lowest BCUT2D eigenvalue weighted by molar-refractivity contribution is 0.0954. The average molecular weight is 403 g/mol. The number of nitrogens with zero attached hydrogens (tertiary/aromatic N) is 2. The van der Waals surface area contributed by atoms with Gasteiger partial charge in [0, 0.05) is 24.2 Å². The Morgan fingerprint density at radius 1 is 1.07 bits per heavy atom. The molecule has 3 rings (SSSR count). The molecule has 1 amide bonds. The maximum Gasteiger partial charge on any atom is 0.271 e. The molecule has 2 aromatic carbocycles. The maximum atomic E-state index is 13.8. The van der Waals surface area contributed by atoms with E-state index in [0.717, 1.165) is 19.3 Å². The molecule has 0 aliphatic carbocycles. The summed E-state index contributed by atoms with van der Waals surface area (Å²) in [6, 6.07) is 12.0. The molecule has 0 atom stereocenters. The van der Waals surface area contributed by atoms with Crippen LogP contribution in [0.3, 0.4) is 0 Å². The summed E-state index contributed by atoms with van der Waals surface area (Å²) in [5.41, 5.74) is 3.12. The lowest BCUT2D eigenvalue weighted by atomic mass is 10.1. The molecule has 6 nitrogen and oxygen atoms in total. The first kappa shape index (κ1) is 20.2. The van der Waals surface area contributed by atoms with Crippen molar-refractivity contribution in [1.29, 1.82) is 0 Å². The number of hydrazone groups is 1. The lowest BCUT2D eigenvalue weighted by Crippen LogP contribution is -2.35. The van der Waals surface area contributed by atoms with E-state index < -0.39 is 21.7 Å². The summed E-state index contributed by atoms with van der Waals surface area (Å²) in [6.45, 7) is 2.56. The number of hydrogen-bond acceptors (Lipinski definition) is 4. The van der Waals surface area contributed by atoms with E-state index in [1.54, 1.807) is 25.1 Å². The Labute approximate surface area is 164 Å². The predicted octanol–water partition coefficient (Wildman–Crippen LogP) is 3.15. The Hall–Kier alpha value is -2.58. The minimum Gasteiger partial charge on any atom is -0.267 e. The SMILES string of the molecule is C/C(=N/NC(=O)c1cccc(S(=O)(=O)N2CCCCC2)c1)c1ccccc1F. The zero-order valence-electron chi connectivity index (χ0n) is 15.6. The number of benzene rings is 2. The number of nitrogens with one attached hydrogen (secondary N) is 1. The van der Waals surface area contributed by atoms with Gasteiger partial charge in [-0.15, -0.1) is 0 Å². The van der Waals surface area contributed by atoms with Gasteiger partial charge >= 0.3 is 0 Å². The molecule has 1 fully saturated rings. The van der Waals surface area contributed by atoms with Gasteiger partial charge < -0.3 is 0 Å². The highest BCUT2D eigenvalue weighted by Crippen LogP contribution is 2.21. The molecule has 0 aromatic heterocycles. The van der Waals surface area contributed by atoms with Crippen LogP contribution in [-0.2, 0) is 10.0 Å². The van der Waals surface area contributed by atoms with Gasteiger partial charge in [-0.25, -0.2) is 18.2 Å². The van der Waals surface area contributed by atoms with Crippen LogP contribution in [-0.4, -0.2) is 37.4 Å². The van der Waals surface area contributed by atoms with Gasteiger partial charge in [-0.1, -0.05) is 30.7 Å². The molecular formula is C20H22FN3O3S. The third-order valence-electron chi connectivity index (χ3n) is 4.64. The van der Waals surface area contributed by atoms with Gasteiger partial charge in [0.1, 0.15) is 5.82 Å². The molecular weight excluding hydrogens is 381 g/mol. The van der Waals surface area contributed by atoms with Crippen molar-refractivity contribution in [2.45, 2.75) is 31.1 Å². The van der Waals surface area contributed by atoms with E-state index in [0.29, 0.717) is 18.8 Å². The van der Waals surface area contributed by atoms with Crippen LogP contribution >= 0.6 is 0 Å². The van der Waals surface area contributed by atoms with Crippen molar-refractivity contribution in [1.82, 2.24) is 9.73 Å². The van der Waals surface area contributed by atoms with Crippen LogP contribution in [0, 0.1) is 5.82 Å². The van der Waals surface area contributed by atoms with Gasteiger partial charge in [-0.05, 0) is 44.0 Å². The van der Waals surface area contributed by atoms with Gasteiger partial charge in [0.15, 0.2) is 0 Å². The Morgan fingerprint density at radius 2 is 1.79 bits per heavy atom. The molecule has 0 saturated carbocycles. The quantitative estimate of drug-likeness (QED) is 0.615. The van der Waals surface area contributed by atoms with E-state index in [4.69, 9.17) is 0 Å². The first-order chi connectivity index (χ1) is 13.4. The second-order valence-electron chi connectivity index (χ2n) is 6.61. The summed E-state index contributed by atoms with van der Waals surface area (Å²) in [7, 11) is -3.63. The largest absolute Gasteiger partial charge is 0.271 e. The fourth-order valence-corrected chi connectivity index (χ4v) is 4.63. The van der Waals surface area contributed by atoms with Crippen LogP contribution in [0.5, 0.6) is 0 Å². The van der Waals surface area contributed by atoms with Gasteiger partial charge in [0.2, 0.25) is 10.0 Å². The highest BCUT2D eigenvalue weighted by atomic mass is 32.2. The second kappa shape index (κ2) is 8.62. The third kappa shape index (κ3) is 4.45. The monoisotopic (exact) mass is 403 g/mol. The molecule has 0 bridgehead atoms. The van der Waals surface area contributed by atoms with E-state index in [1.165, 1.54) is 34.6 Å². The van der Waals surface area contributed by atoms with Gasteiger partial charge in [0.25, 0.3) is 5.91 Å². The summed E-state index contributed by atoms with van der Waals surface area (Å²) in [5, 5.41) is 3.93. The Morgan fingerprint density at radius 3 is 2.50 bits per heavy atom. The zero-order chi connectivity index (χ0) is 20.1. The van der Waals surface area contributed by atoms with Crippen LogP contribution in [0.2, 0.25) is 0 Å². The summed E-state index contributed by atoms with van der Waals surface area (Å²) in [5.74, 6) is -1.00. The van der Waals surface area contributed by atoms with E-state index in [-0.39, 0.29) is 16.0 Å². The molecule has 1 N–H and O–H groups in total. The standard InChI is InChI=1S/C20H22FN3O3S/c1-15(18-10-3-4-11-19(18)21)22-23-20(25)16-8-7-9-17(14-16)28(26,27)24-12-5-2-6-13-24/h3-4,7-11,14H,2,5-6,12-13H2,1H3,(H,23,25)/b22-15-. The van der Waals surface area contributed by atoms with E-state index in [1.807, 2.05) is 0 Å². The molecule has 0 radical (unpaired) electrons. The van der Waals surface area contributed by atoms with Crippen LogP contribution in [0.15, 0.2) is 58.5 Å². The van der Waals surface area contributed by atoms with Gasteiger partial charge in [-0.3, -0.25) is 4.79 Å². The number of amides is 1. The lowest BCUT2D eigenvalue weighted by Gasteiger charge is -2.25. The molecule has 148 valence electrons. The van der Waals surface area contributed by atoms with Crippen LogP contribution < -0.4 is 5.43 Å². The Balaban J connectivity index is 1.77. The minimum atomic E-state index is -3.63. The van der Waals surface area contributed by atoms with Crippen molar-refractivity contribution in [3.05, 3.63) is 65.5 Å². The normalized spacial score (nSPS) is 16.0. The highest BCUT2D eigenvalue weighted by Gasteiger charge is 2.26. The van der Waals surface area contributed by atoms with Crippen LogP contribution in [0.4, 0.5) is 4.39 Å². The molecule has 2 aromatic rings. The average Bonchev–Trinajstić information content (AvgIpc) is 2.73. The molecule has 8 heteroatoms. The molecule has 28 heavy (non-hydrogen) atoms. The topological polar surface area (TPSA) is 78.8 Å². The van der Waals surface area contributed by atoms with E-state index >= 15 is 0 Å². The van der Waals surface area contributed by atoms with Crippen molar-refractivity contribution in [2.75, 3.05) is 13.1 Å². The summed E-state index contributed by atoms with van der Waals surface area (Å²) >= 11 is 0. The second-order valence-corrected chi connectivity index (χ2v) is 8.55.